The van der Waals surface area contributed by atoms with E-state index in [9.17, 15) is 0 Å². The van der Waals surface area contributed by atoms with Crippen molar-refractivity contribution in [3.8, 4) is 17.2 Å². The van der Waals surface area contributed by atoms with Crippen molar-refractivity contribution >= 4 is 11.4 Å². The van der Waals surface area contributed by atoms with Gasteiger partial charge in [-0.15, -0.1) is 0 Å². The van der Waals surface area contributed by atoms with Crippen LogP contribution in [0, 0.1) is 11.3 Å². The van der Waals surface area contributed by atoms with Gasteiger partial charge in [0.05, 0.1) is 11.6 Å². The van der Waals surface area contributed by atoms with Gasteiger partial charge < -0.3 is 4.90 Å². The highest BCUT2D eigenvalue weighted by molar-refractivity contribution is 5.76. The highest BCUT2D eigenvalue weighted by Gasteiger charge is 2.13. The minimum absolute atomic E-state index is 0.656. The monoisotopic (exact) mass is 348 g/mol. The Kier molecular flexibility index (Phi) is 5.67. The van der Waals surface area contributed by atoms with Gasteiger partial charge in [0.2, 0.25) is 0 Å². The summed E-state index contributed by atoms with van der Waals surface area (Å²) in [6.45, 7) is 7.79. The van der Waals surface area contributed by atoms with Gasteiger partial charge in [0.1, 0.15) is 0 Å². The molecule has 0 N–H and O–H groups in total. The second-order valence-corrected chi connectivity index (χ2v) is 5.94. The van der Waals surface area contributed by atoms with Gasteiger partial charge in [0.25, 0.3) is 0 Å². The molecule has 3 rings (SSSR count). The molecule has 27 heavy (non-hydrogen) atoms. The molecule has 0 saturated carbocycles. The lowest BCUT2D eigenvalue weighted by Gasteiger charge is -2.26. The van der Waals surface area contributed by atoms with E-state index in [2.05, 4.69) is 54.5 Å². The van der Waals surface area contributed by atoms with Gasteiger partial charge in [-0.1, -0.05) is 61.7 Å². The molecule has 130 valence electrons. The van der Waals surface area contributed by atoms with E-state index in [-0.39, 0.29) is 0 Å². The minimum Gasteiger partial charge on any atom is -0.311 e. The summed E-state index contributed by atoms with van der Waals surface area (Å²) in [4.78, 5) is 2.14. The van der Waals surface area contributed by atoms with Crippen molar-refractivity contribution in [1.29, 1.82) is 5.26 Å². The van der Waals surface area contributed by atoms with E-state index in [0.29, 0.717) is 5.56 Å². The number of rotatable bonds is 6. The number of benzene rings is 3. The summed E-state index contributed by atoms with van der Waals surface area (Å²) in [6.07, 6.45) is 5.52. The quantitative estimate of drug-likeness (QED) is 0.468. The fraction of sp³-hybridized carbons (Fsp3) is 0. The summed E-state index contributed by atoms with van der Waals surface area (Å²) < 4.78 is 0. The highest BCUT2D eigenvalue weighted by Crippen LogP contribution is 2.33. The Morgan fingerprint density at radius 2 is 1.52 bits per heavy atom. The van der Waals surface area contributed by atoms with Crippen molar-refractivity contribution in [1.82, 2.24) is 0 Å². The zero-order valence-corrected chi connectivity index (χ0v) is 15.0. The van der Waals surface area contributed by atoms with Gasteiger partial charge in [0.15, 0.2) is 0 Å². The average Bonchev–Trinajstić information content (AvgIpc) is 2.74. The second-order valence-electron chi connectivity index (χ2n) is 5.94. The molecule has 2 nitrogen and oxygen atoms in total. The lowest BCUT2D eigenvalue weighted by Crippen LogP contribution is -2.14. The van der Waals surface area contributed by atoms with Crippen LogP contribution >= 0.6 is 0 Å². The fourth-order valence-electron chi connectivity index (χ4n) is 2.94. The van der Waals surface area contributed by atoms with Crippen molar-refractivity contribution in [2.24, 2.45) is 0 Å². The SMILES string of the molecule is C=C/C=C(\C=C)N(c1ccccc1)c1cccc(-c2ccc(C#N)cc2)c1. The van der Waals surface area contributed by atoms with Crippen molar-refractivity contribution in [2.45, 2.75) is 0 Å². The molecule has 0 heterocycles. The number of hydrogen-bond donors (Lipinski definition) is 0. The molecule has 0 aliphatic carbocycles. The van der Waals surface area contributed by atoms with Crippen LogP contribution in [0.1, 0.15) is 5.56 Å². The molecule has 0 aliphatic heterocycles. The fourth-order valence-corrected chi connectivity index (χ4v) is 2.94. The Bertz CT molecular complexity index is 1010. The Labute approximate surface area is 160 Å². The number of nitriles is 1. The van der Waals surface area contributed by atoms with E-state index in [4.69, 9.17) is 5.26 Å². The number of para-hydroxylation sites is 1. The van der Waals surface area contributed by atoms with E-state index in [1.807, 2.05) is 60.7 Å². The molecule has 0 atom stereocenters. The Morgan fingerprint density at radius 3 is 2.15 bits per heavy atom. The predicted octanol–water partition coefficient (Wildman–Crippen LogP) is 6.62. The normalized spacial score (nSPS) is 10.7. The first-order valence-electron chi connectivity index (χ1n) is 8.68. The molecule has 0 aromatic heterocycles. The summed E-state index contributed by atoms with van der Waals surface area (Å²) in [5.74, 6) is 0. The lowest BCUT2D eigenvalue weighted by molar-refractivity contribution is 1.21. The maximum atomic E-state index is 9.00. The number of hydrogen-bond acceptors (Lipinski definition) is 2. The first kappa shape index (κ1) is 18.0. The van der Waals surface area contributed by atoms with Crippen LogP contribution < -0.4 is 4.90 Å². The van der Waals surface area contributed by atoms with Crippen molar-refractivity contribution in [2.75, 3.05) is 4.90 Å². The topological polar surface area (TPSA) is 27.0 Å². The molecule has 0 bridgehead atoms. The Balaban J connectivity index is 2.10. The summed E-state index contributed by atoms with van der Waals surface area (Å²) in [5.41, 5.74) is 5.81. The van der Waals surface area contributed by atoms with Gasteiger partial charge >= 0.3 is 0 Å². The standard InChI is InChI=1S/C25H20N2/c1-3-9-23(4-2)27(24-11-6-5-7-12-24)25-13-8-10-22(18-25)21-16-14-20(19-26)15-17-21/h3-18H,1-2H2/b23-9+. The number of anilines is 2. The van der Waals surface area contributed by atoms with E-state index in [0.717, 1.165) is 28.2 Å². The maximum absolute atomic E-state index is 9.00. The van der Waals surface area contributed by atoms with Crippen LogP contribution in [0.25, 0.3) is 11.1 Å². The predicted molar refractivity (Wildman–Crippen MR) is 114 cm³/mol. The highest BCUT2D eigenvalue weighted by atomic mass is 15.1. The van der Waals surface area contributed by atoms with Crippen LogP contribution in [0.3, 0.4) is 0 Å². The van der Waals surface area contributed by atoms with Crippen LogP contribution in [0.5, 0.6) is 0 Å². The van der Waals surface area contributed by atoms with Gasteiger partial charge in [-0.05, 0) is 59.7 Å². The summed E-state index contributed by atoms with van der Waals surface area (Å²) in [5, 5.41) is 9.00. The molecule has 0 fully saturated rings. The third-order valence-electron chi connectivity index (χ3n) is 4.22. The zero-order chi connectivity index (χ0) is 19.1. The molecule has 0 saturated heterocycles. The Morgan fingerprint density at radius 1 is 0.815 bits per heavy atom. The molecule has 3 aromatic carbocycles. The average molecular weight is 348 g/mol. The van der Waals surface area contributed by atoms with Gasteiger partial charge in [-0.3, -0.25) is 0 Å². The van der Waals surface area contributed by atoms with Crippen LogP contribution in [-0.4, -0.2) is 0 Å². The van der Waals surface area contributed by atoms with Gasteiger partial charge in [-0.25, -0.2) is 0 Å². The second kappa shape index (κ2) is 8.51. The first-order valence-corrected chi connectivity index (χ1v) is 8.68. The summed E-state index contributed by atoms with van der Waals surface area (Å²) in [6, 6.07) is 28.2. The third kappa shape index (κ3) is 4.05. The zero-order valence-electron chi connectivity index (χ0n) is 15.0. The molecule has 0 radical (unpaired) electrons. The van der Waals surface area contributed by atoms with Crippen LogP contribution in [0.15, 0.2) is 116 Å². The summed E-state index contributed by atoms with van der Waals surface area (Å²) >= 11 is 0. The molecular weight excluding hydrogens is 328 g/mol. The van der Waals surface area contributed by atoms with Gasteiger partial charge in [-0.2, -0.15) is 5.26 Å². The van der Waals surface area contributed by atoms with Crippen LogP contribution in [0.4, 0.5) is 11.4 Å². The van der Waals surface area contributed by atoms with Gasteiger partial charge in [0, 0.05) is 17.1 Å². The summed E-state index contributed by atoms with van der Waals surface area (Å²) in [7, 11) is 0. The molecular formula is C25H20N2. The molecule has 3 aromatic rings. The Hall–Kier alpha value is -3.83. The molecule has 2 heteroatoms. The lowest BCUT2D eigenvalue weighted by atomic mass is 10.0. The smallest absolute Gasteiger partial charge is 0.0991 e. The van der Waals surface area contributed by atoms with Crippen molar-refractivity contribution < 1.29 is 0 Å². The molecule has 0 spiro atoms. The van der Waals surface area contributed by atoms with Crippen LogP contribution in [0.2, 0.25) is 0 Å². The number of nitrogens with zero attached hydrogens (tertiary/aromatic N) is 2. The van der Waals surface area contributed by atoms with Crippen molar-refractivity contribution in [3.05, 3.63) is 122 Å². The van der Waals surface area contributed by atoms with E-state index >= 15 is 0 Å². The van der Waals surface area contributed by atoms with E-state index in [1.54, 1.807) is 6.08 Å². The molecule has 0 amide bonds. The first-order chi connectivity index (χ1) is 13.3. The third-order valence-corrected chi connectivity index (χ3v) is 4.22. The molecule has 0 aliphatic rings. The minimum atomic E-state index is 0.656. The van der Waals surface area contributed by atoms with Crippen molar-refractivity contribution in [3.63, 3.8) is 0 Å². The number of allylic oxidation sites excluding steroid dienone is 3. The molecule has 0 unspecified atom stereocenters. The van der Waals surface area contributed by atoms with E-state index in [1.165, 1.54) is 0 Å². The maximum Gasteiger partial charge on any atom is 0.0991 e. The largest absolute Gasteiger partial charge is 0.311 e. The van der Waals surface area contributed by atoms with Crippen LogP contribution in [-0.2, 0) is 0 Å². The van der Waals surface area contributed by atoms with E-state index < -0.39 is 0 Å².